The molecular formula is C27H32O2. The van der Waals surface area contributed by atoms with E-state index < -0.39 is 0 Å². The van der Waals surface area contributed by atoms with Gasteiger partial charge in [0.15, 0.2) is 0 Å². The number of hydrogen-bond acceptors (Lipinski definition) is 2. The van der Waals surface area contributed by atoms with Crippen LogP contribution in [-0.4, -0.2) is 16.8 Å². The van der Waals surface area contributed by atoms with Gasteiger partial charge in [0, 0.05) is 17.9 Å². The maximum atomic E-state index is 9.62. The van der Waals surface area contributed by atoms with Gasteiger partial charge in [0.05, 0.1) is 6.61 Å². The molecule has 1 aliphatic carbocycles. The quantitative estimate of drug-likeness (QED) is 0.620. The molecule has 0 heterocycles. The van der Waals surface area contributed by atoms with Crippen LogP contribution in [0.3, 0.4) is 0 Å². The molecule has 0 saturated heterocycles. The molecule has 2 nitrogen and oxygen atoms in total. The Kier molecular flexibility index (Phi) is 6.20. The van der Waals surface area contributed by atoms with Crippen molar-refractivity contribution in [2.24, 2.45) is 10.8 Å². The molecule has 0 aromatic heterocycles. The fourth-order valence-electron chi connectivity index (χ4n) is 5.12. The Morgan fingerprint density at radius 1 is 1.00 bits per heavy atom. The van der Waals surface area contributed by atoms with Crippen molar-refractivity contribution in [1.29, 1.82) is 0 Å². The summed E-state index contributed by atoms with van der Waals surface area (Å²) in [6, 6.07) is 16.1. The molecule has 152 valence electrons. The first-order chi connectivity index (χ1) is 13.7. The minimum Gasteiger partial charge on any atom is -0.508 e. The van der Waals surface area contributed by atoms with Crippen molar-refractivity contribution >= 4 is 6.08 Å². The molecule has 2 aromatic carbocycles. The van der Waals surface area contributed by atoms with E-state index in [0.717, 1.165) is 24.0 Å². The molecule has 2 aromatic rings. The van der Waals surface area contributed by atoms with Gasteiger partial charge in [-0.3, -0.25) is 0 Å². The minimum atomic E-state index is 0.0997. The first kappa shape index (κ1) is 21.2. The predicted molar refractivity (Wildman–Crippen MR) is 121 cm³/mol. The van der Waals surface area contributed by atoms with Crippen LogP contribution in [0.5, 0.6) is 5.75 Å². The highest BCUT2D eigenvalue weighted by molar-refractivity contribution is 5.58. The topological polar surface area (TPSA) is 40.5 Å². The standard InChI is InChI=1S/C27H32O2/c1-26(2)18-23(17-21-10-14-24(29)15-11-21)25(27(3,4)19-26)22-12-8-20(9-13-22)7-5-6-16-28/h8-15,17,25,28-29H,6,16,18-19H2,1-4H3. The SMILES string of the molecule is CC1(C)CC(=Cc2ccc(O)cc2)C(c2ccc(C#CCCO)cc2)C(C)(C)C1. The number of allylic oxidation sites excluding steroid dienone is 1. The van der Waals surface area contributed by atoms with Gasteiger partial charge in [-0.25, -0.2) is 0 Å². The van der Waals surface area contributed by atoms with Gasteiger partial charge >= 0.3 is 0 Å². The van der Waals surface area contributed by atoms with Gasteiger partial charge in [-0.15, -0.1) is 0 Å². The Labute approximate surface area is 175 Å². The van der Waals surface area contributed by atoms with Gasteiger partial charge in [-0.05, 0) is 59.1 Å². The van der Waals surface area contributed by atoms with Crippen LogP contribution in [0.25, 0.3) is 6.08 Å². The summed E-state index contributed by atoms with van der Waals surface area (Å²) in [5.74, 6) is 6.74. The summed E-state index contributed by atoms with van der Waals surface area (Å²) in [5.41, 5.74) is 5.26. The number of rotatable bonds is 3. The summed E-state index contributed by atoms with van der Waals surface area (Å²) in [4.78, 5) is 0. The first-order valence-corrected chi connectivity index (χ1v) is 10.4. The zero-order chi connectivity index (χ0) is 21.1. The maximum absolute atomic E-state index is 9.62. The van der Waals surface area contributed by atoms with Gasteiger partial charge in [-0.1, -0.05) is 75.5 Å². The zero-order valence-corrected chi connectivity index (χ0v) is 18.0. The smallest absolute Gasteiger partial charge is 0.115 e. The van der Waals surface area contributed by atoms with Crippen molar-refractivity contribution < 1.29 is 10.2 Å². The average molecular weight is 389 g/mol. The van der Waals surface area contributed by atoms with Crippen LogP contribution in [-0.2, 0) is 0 Å². The Morgan fingerprint density at radius 2 is 1.66 bits per heavy atom. The van der Waals surface area contributed by atoms with Crippen LogP contribution >= 0.6 is 0 Å². The lowest BCUT2D eigenvalue weighted by Crippen LogP contribution is -2.36. The molecule has 1 saturated carbocycles. The minimum absolute atomic E-state index is 0.0997. The Balaban J connectivity index is 2.00. The fraction of sp³-hybridized carbons (Fsp3) is 0.407. The van der Waals surface area contributed by atoms with E-state index in [0.29, 0.717) is 18.1 Å². The molecule has 0 bridgehead atoms. The van der Waals surface area contributed by atoms with E-state index in [1.807, 2.05) is 12.1 Å². The molecule has 0 spiro atoms. The third-order valence-electron chi connectivity index (χ3n) is 5.73. The predicted octanol–water partition coefficient (Wildman–Crippen LogP) is 6.14. The highest BCUT2D eigenvalue weighted by Gasteiger charge is 2.43. The van der Waals surface area contributed by atoms with Crippen molar-refractivity contribution in [2.75, 3.05) is 6.61 Å². The van der Waals surface area contributed by atoms with Crippen molar-refractivity contribution in [3.8, 4) is 17.6 Å². The zero-order valence-electron chi connectivity index (χ0n) is 18.0. The fourth-order valence-corrected chi connectivity index (χ4v) is 5.12. The molecule has 1 aliphatic rings. The Hall–Kier alpha value is -2.50. The van der Waals surface area contributed by atoms with E-state index in [4.69, 9.17) is 5.11 Å². The lowest BCUT2D eigenvalue weighted by atomic mass is 9.56. The molecule has 2 heteroatoms. The number of aliphatic hydroxyl groups excluding tert-OH is 1. The van der Waals surface area contributed by atoms with Gasteiger partial charge in [0.2, 0.25) is 0 Å². The van der Waals surface area contributed by atoms with Gasteiger partial charge in [-0.2, -0.15) is 0 Å². The molecule has 3 rings (SSSR count). The summed E-state index contributed by atoms with van der Waals surface area (Å²) in [6.07, 6.45) is 5.03. The third kappa shape index (κ3) is 5.31. The van der Waals surface area contributed by atoms with Crippen LogP contribution in [0.2, 0.25) is 0 Å². The van der Waals surface area contributed by atoms with E-state index in [-0.39, 0.29) is 17.4 Å². The third-order valence-corrected chi connectivity index (χ3v) is 5.73. The van der Waals surface area contributed by atoms with Gasteiger partial charge < -0.3 is 10.2 Å². The molecule has 29 heavy (non-hydrogen) atoms. The van der Waals surface area contributed by atoms with Crippen molar-refractivity contribution in [2.45, 2.75) is 52.9 Å². The molecule has 2 N–H and O–H groups in total. The molecular weight excluding hydrogens is 356 g/mol. The highest BCUT2D eigenvalue weighted by Crippen LogP contribution is 2.56. The molecule has 0 amide bonds. The van der Waals surface area contributed by atoms with Crippen LogP contribution in [0.4, 0.5) is 0 Å². The summed E-state index contributed by atoms with van der Waals surface area (Å²) >= 11 is 0. The van der Waals surface area contributed by atoms with Crippen LogP contribution < -0.4 is 0 Å². The molecule has 1 unspecified atom stereocenters. The molecule has 0 aliphatic heterocycles. The monoisotopic (exact) mass is 388 g/mol. The molecule has 1 atom stereocenters. The first-order valence-electron chi connectivity index (χ1n) is 10.4. The van der Waals surface area contributed by atoms with Crippen LogP contribution in [0, 0.1) is 22.7 Å². The average Bonchev–Trinajstić information content (AvgIpc) is 2.63. The van der Waals surface area contributed by atoms with E-state index in [9.17, 15) is 5.11 Å². The van der Waals surface area contributed by atoms with Crippen molar-refractivity contribution in [3.05, 3.63) is 70.8 Å². The summed E-state index contributed by atoms with van der Waals surface area (Å²) in [5, 5.41) is 18.5. The second-order valence-electron chi connectivity index (χ2n) is 9.65. The number of phenols is 1. The van der Waals surface area contributed by atoms with Crippen LogP contribution in [0.1, 0.15) is 69.6 Å². The second kappa shape index (κ2) is 8.47. The van der Waals surface area contributed by atoms with E-state index in [1.165, 1.54) is 11.1 Å². The van der Waals surface area contributed by atoms with Crippen LogP contribution in [0.15, 0.2) is 54.1 Å². The Bertz CT molecular complexity index is 919. The van der Waals surface area contributed by atoms with Crippen molar-refractivity contribution in [3.63, 3.8) is 0 Å². The molecule has 0 radical (unpaired) electrons. The lowest BCUT2D eigenvalue weighted by Gasteiger charge is -2.48. The van der Waals surface area contributed by atoms with E-state index >= 15 is 0 Å². The maximum Gasteiger partial charge on any atom is 0.115 e. The number of aliphatic hydroxyl groups is 1. The van der Waals surface area contributed by atoms with Crippen molar-refractivity contribution in [1.82, 2.24) is 0 Å². The molecule has 1 fully saturated rings. The van der Waals surface area contributed by atoms with Gasteiger partial charge in [0.25, 0.3) is 0 Å². The van der Waals surface area contributed by atoms with E-state index in [1.54, 1.807) is 12.1 Å². The number of phenolic OH excluding ortho intramolecular Hbond substituents is 1. The second-order valence-corrected chi connectivity index (χ2v) is 9.65. The normalized spacial score (nSPS) is 21.4. The summed E-state index contributed by atoms with van der Waals surface area (Å²) in [6.45, 7) is 9.56. The van der Waals surface area contributed by atoms with E-state index in [2.05, 4.69) is 69.9 Å². The Morgan fingerprint density at radius 3 is 2.28 bits per heavy atom. The van der Waals surface area contributed by atoms with Gasteiger partial charge in [0.1, 0.15) is 5.75 Å². The summed E-state index contributed by atoms with van der Waals surface area (Å²) < 4.78 is 0. The number of benzene rings is 2. The summed E-state index contributed by atoms with van der Waals surface area (Å²) in [7, 11) is 0. The number of aromatic hydroxyl groups is 1. The number of hydrogen-bond donors (Lipinski definition) is 2. The largest absolute Gasteiger partial charge is 0.508 e. The highest BCUT2D eigenvalue weighted by atomic mass is 16.3. The lowest BCUT2D eigenvalue weighted by molar-refractivity contribution is 0.131.